The average molecular weight is 436 g/mol. The minimum atomic E-state index is -1.40. The van der Waals surface area contributed by atoms with Crippen molar-refractivity contribution in [1.82, 2.24) is 31.3 Å². The van der Waals surface area contributed by atoms with E-state index in [0.29, 0.717) is 37.1 Å². The summed E-state index contributed by atoms with van der Waals surface area (Å²) in [5, 5.41) is 20.4. The lowest BCUT2D eigenvalue weighted by atomic mass is 9.69. The van der Waals surface area contributed by atoms with Crippen LogP contribution in [0.25, 0.3) is 0 Å². The molecule has 3 N–H and O–H groups in total. The summed E-state index contributed by atoms with van der Waals surface area (Å²) in [6, 6.07) is -1.61. The predicted molar refractivity (Wildman–Crippen MR) is 111 cm³/mol. The molecule has 0 radical (unpaired) electrons. The SMILES string of the molecule is [2H][C@@]1(C(=O)OCCCOC(=O)[C@@H]2CCCN2)C[C@H]2C[C@@H](CCc3nn[nH]n3)CC[C@H]2CN1. The van der Waals surface area contributed by atoms with Crippen LogP contribution in [0.15, 0.2) is 0 Å². The third kappa shape index (κ3) is 6.22. The van der Waals surface area contributed by atoms with E-state index in [9.17, 15) is 9.59 Å². The molecule has 0 amide bonds. The monoisotopic (exact) mass is 435 g/mol. The molecular formula is C21H34N6O4. The van der Waals surface area contributed by atoms with Gasteiger partial charge in [0.15, 0.2) is 5.82 Å². The number of hydrogen-bond donors (Lipinski definition) is 3. The van der Waals surface area contributed by atoms with E-state index in [2.05, 4.69) is 31.3 Å². The number of nitrogens with one attached hydrogen (secondary N) is 3. The molecule has 5 atom stereocenters. The molecule has 3 fully saturated rings. The molecule has 1 aromatic rings. The Hall–Kier alpha value is -2.07. The van der Waals surface area contributed by atoms with E-state index < -0.39 is 12.0 Å². The zero-order valence-electron chi connectivity index (χ0n) is 19.0. The zero-order chi connectivity index (χ0) is 22.4. The van der Waals surface area contributed by atoms with Crippen molar-refractivity contribution >= 4 is 11.9 Å². The maximum Gasteiger partial charge on any atom is 0.323 e. The van der Waals surface area contributed by atoms with Gasteiger partial charge in [-0.05, 0) is 69.4 Å². The summed E-state index contributed by atoms with van der Waals surface area (Å²) in [5.41, 5.74) is 0. The van der Waals surface area contributed by atoms with Gasteiger partial charge in [0.25, 0.3) is 0 Å². The molecule has 0 spiro atoms. The Morgan fingerprint density at radius 3 is 2.71 bits per heavy atom. The van der Waals surface area contributed by atoms with E-state index in [0.717, 1.165) is 57.3 Å². The first-order valence-electron chi connectivity index (χ1n) is 12.1. The van der Waals surface area contributed by atoms with E-state index in [-0.39, 0.29) is 25.2 Å². The molecule has 172 valence electrons. The molecular weight excluding hydrogens is 400 g/mol. The number of esters is 2. The van der Waals surface area contributed by atoms with Crippen molar-refractivity contribution in [1.29, 1.82) is 0 Å². The molecule has 1 saturated carbocycles. The molecule has 0 bridgehead atoms. The standard InChI is InChI=1S/C21H34N6O4/c28-20(17-3-1-8-22-17)30-9-2-10-31-21(29)18-12-16-11-14(4-6-15(16)13-23-18)5-7-19-24-26-27-25-19/h14-18,22-23H,1-13H2,(H,24,25,26,27)/t14-,15+,16-,17+,18+/m1/s1/i18D. The zero-order valence-corrected chi connectivity index (χ0v) is 18.0. The van der Waals surface area contributed by atoms with E-state index in [1.165, 1.54) is 0 Å². The fourth-order valence-corrected chi connectivity index (χ4v) is 5.04. The quantitative estimate of drug-likeness (QED) is 0.380. The van der Waals surface area contributed by atoms with Crippen LogP contribution >= 0.6 is 0 Å². The molecule has 10 heteroatoms. The van der Waals surface area contributed by atoms with Gasteiger partial charge in [-0.2, -0.15) is 5.21 Å². The Labute approximate surface area is 184 Å². The highest BCUT2D eigenvalue weighted by atomic mass is 16.5. The normalized spacial score (nSPS) is 33.4. The molecule has 0 unspecified atom stereocenters. The largest absolute Gasteiger partial charge is 0.464 e. The number of aromatic amines is 1. The van der Waals surface area contributed by atoms with E-state index in [1.807, 2.05) is 0 Å². The molecule has 2 aliphatic heterocycles. The fourth-order valence-electron chi connectivity index (χ4n) is 5.04. The van der Waals surface area contributed by atoms with Gasteiger partial charge in [0, 0.05) is 12.8 Å². The summed E-state index contributed by atoms with van der Waals surface area (Å²) in [6.45, 7) is 1.88. The number of aryl methyl sites for hydroxylation is 1. The number of hydrogen-bond acceptors (Lipinski definition) is 9. The van der Waals surface area contributed by atoms with Crippen LogP contribution in [0.3, 0.4) is 0 Å². The summed E-state index contributed by atoms with van der Waals surface area (Å²) in [4.78, 5) is 24.5. The maximum absolute atomic E-state index is 12.6. The van der Waals surface area contributed by atoms with Crippen molar-refractivity contribution in [3.05, 3.63) is 5.82 Å². The molecule has 3 heterocycles. The maximum atomic E-state index is 12.6. The summed E-state index contributed by atoms with van der Waals surface area (Å²) in [6.07, 6.45) is 7.78. The highest BCUT2D eigenvalue weighted by Crippen LogP contribution is 2.40. The van der Waals surface area contributed by atoms with Crippen LogP contribution in [0.2, 0.25) is 0 Å². The van der Waals surface area contributed by atoms with Gasteiger partial charge in [-0.3, -0.25) is 9.59 Å². The van der Waals surface area contributed by atoms with Gasteiger partial charge in [0.2, 0.25) is 0 Å². The third-order valence-electron chi connectivity index (χ3n) is 6.82. The van der Waals surface area contributed by atoms with Crippen LogP contribution in [-0.4, -0.2) is 70.9 Å². The number of aromatic nitrogens is 4. The Morgan fingerprint density at radius 2 is 1.94 bits per heavy atom. The van der Waals surface area contributed by atoms with Crippen molar-refractivity contribution in [2.75, 3.05) is 26.3 Å². The summed E-state index contributed by atoms with van der Waals surface area (Å²) < 4.78 is 19.3. The highest BCUT2D eigenvalue weighted by molar-refractivity contribution is 5.76. The van der Waals surface area contributed by atoms with E-state index in [4.69, 9.17) is 10.8 Å². The van der Waals surface area contributed by atoms with Gasteiger partial charge in [-0.15, -0.1) is 10.2 Å². The molecule has 0 aromatic carbocycles. The average Bonchev–Trinajstić information content (AvgIpc) is 3.51. The fraction of sp³-hybridized carbons (Fsp3) is 0.857. The molecule has 3 aliphatic rings. The van der Waals surface area contributed by atoms with Gasteiger partial charge in [-0.1, -0.05) is 11.6 Å². The van der Waals surface area contributed by atoms with E-state index in [1.54, 1.807) is 0 Å². The Balaban J connectivity index is 1.17. The number of nitrogens with zero attached hydrogens (tertiary/aromatic N) is 3. The number of H-pyrrole nitrogens is 1. The second-order valence-electron chi connectivity index (χ2n) is 8.94. The lowest BCUT2D eigenvalue weighted by molar-refractivity contribution is -0.149. The van der Waals surface area contributed by atoms with Gasteiger partial charge >= 0.3 is 11.9 Å². The number of rotatable bonds is 9. The molecule has 31 heavy (non-hydrogen) atoms. The summed E-state index contributed by atoms with van der Waals surface area (Å²) >= 11 is 0. The van der Waals surface area contributed by atoms with Gasteiger partial charge in [0.05, 0.1) is 14.6 Å². The van der Waals surface area contributed by atoms with Crippen LogP contribution in [0.4, 0.5) is 0 Å². The lowest BCUT2D eigenvalue weighted by Gasteiger charge is -2.42. The van der Waals surface area contributed by atoms with Crippen molar-refractivity contribution in [3.8, 4) is 0 Å². The molecule has 2 saturated heterocycles. The highest BCUT2D eigenvalue weighted by Gasteiger charge is 2.38. The van der Waals surface area contributed by atoms with Crippen molar-refractivity contribution in [3.63, 3.8) is 0 Å². The summed E-state index contributed by atoms with van der Waals surface area (Å²) in [5.74, 6) is 1.36. The smallest absolute Gasteiger partial charge is 0.323 e. The van der Waals surface area contributed by atoms with Crippen molar-refractivity contribution in [2.45, 2.75) is 69.8 Å². The van der Waals surface area contributed by atoms with Crippen LogP contribution < -0.4 is 10.6 Å². The third-order valence-corrected chi connectivity index (χ3v) is 6.82. The van der Waals surface area contributed by atoms with Crippen molar-refractivity contribution in [2.24, 2.45) is 17.8 Å². The first-order chi connectivity index (χ1) is 15.5. The number of carbonyl (C=O) groups excluding carboxylic acids is 2. The van der Waals surface area contributed by atoms with Crippen molar-refractivity contribution < 1.29 is 20.4 Å². The van der Waals surface area contributed by atoms with Gasteiger partial charge in [0.1, 0.15) is 12.1 Å². The van der Waals surface area contributed by atoms with Crippen LogP contribution in [0.1, 0.15) is 58.6 Å². The van der Waals surface area contributed by atoms with Crippen LogP contribution in [0.5, 0.6) is 0 Å². The molecule has 1 aliphatic carbocycles. The number of ether oxygens (including phenoxy) is 2. The minimum Gasteiger partial charge on any atom is -0.464 e. The Bertz CT molecular complexity index is 759. The number of piperidine rings is 1. The molecule has 4 rings (SSSR count). The van der Waals surface area contributed by atoms with E-state index >= 15 is 0 Å². The van der Waals surface area contributed by atoms with Gasteiger partial charge < -0.3 is 20.1 Å². The number of tetrazole rings is 1. The Kier molecular flexibility index (Phi) is 7.38. The minimum absolute atomic E-state index is 0.147. The first-order valence-corrected chi connectivity index (χ1v) is 11.6. The lowest BCUT2D eigenvalue weighted by Crippen LogP contribution is -2.50. The molecule has 1 aromatic heterocycles. The van der Waals surface area contributed by atoms with Gasteiger partial charge in [-0.25, -0.2) is 0 Å². The second-order valence-corrected chi connectivity index (χ2v) is 8.94. The van der Waals surface area contributed by atoms with Crippen LogP contribution in [0, 0.1) is 17.8 Å². The second kappa shape index (κ2) is 11.0. The Morgan fingerprint density at radius 1 is 1.06 bits per heavy atom. The predicted octanol–water partition coefficient (Wildman–Crippen LogP) is 0.755. The molecule has 10 nitrogen and oxygen atoms in total. The first kappa shape index (κ1) is 20.8. The summed E-state index contributed by atoms with van der Waals surface area (Å²) in [7, 11) is 0. The van der Waals surface area contributed by atoms with Crippen LogP contribution in [-0.2, 0) is 25.5 Å². The number of fused-ring (bicyclic) bond motifs is 1. The topological polar surface area (TPSA) is 131 Å². The number of carbonyl (C=O) groups is 2.